The molecule has 0 unspecified atom stereocenters. The van der Waals surface area contributed by atoms with Crippen LogP contribution >= 0.6 is 0 Å². The molecule has 0 rings (SSSR count). The summed E-state index contributed by atoms with van der Waals surface area (Å²) in [6, 6.07) is 0. The van der Waals surface area contributed by atoms with Crippen LogP contribution in [0.4, 0.5) is 0 Å². The molecule has 4 N–H and O–H groups in total. The zero-order chi connectivity index (χ0) is 16.3. The molecule has 0 heterocycles. The summed E-state index contributed by atoms with van der Waals surface area (Å²) in [5.74, 6) is -0.533. The van der Waals surface area contributed by atoms with E-state index in [9.17, 15) is 14.7 Å². The molecule has 1 atom stereocenters. The number of rotatable bonds is 11. The fraction of sp³-hybridized carbons (Fsp3) is 0.867. The first-order chi connectivity index (χ1) is 9.85. The van der Waals surface area contributed by atoms with Gasteiger partial charge in [-0.2, -0.15) is 0 Å². The molecule has 124 valence electrons. The van der Waals surface area contributed by atoms with E-state index in [2.05, 4.69) is 17.6 Å². The summed E-state index contributed by atoms with van der Waals surface area (Å²) in [6.07, 6.45) is 2.83. The Morgan fingerprint density at radius 2 is 1.71 bits per heavy atom. The van der Waals surface area contributed by atoms with Crippen LogP contribution < -0.4 is 10.6 Å². The molecule has 2 amide bonds. The Hall–Kier alpha value is -1.14. The number of carbonyl (C=O) groups is 2. The van der Waals surface area contributed by atoms with Gasteiger partial charge >= 0.3 is 0 Å². The summed E-state index contributed by atoms with van der Waals surface area (Å²) in [4.78, 5) is 23.1. The van der Waals surface area contributed by atoms with Crippen molar-refractivity contribution in [3.8, 4) is 0 Å². The van der Waals surface area contributed by atoms with Gasteiger partial charge in [0.1, 0.15) is 6.10 Å². The molecule has 0 aromatic heterocycles. The molecule has 0 spiro atoms. The maximum Gasteiger partial charge on any atom is 0.249 e. The molecule has 6 nitrogen and oxygen atoms in total. The van der Waals surface area contributed by atoms with E-state index in [1.807, 2.05) is 0 Å². The molecule has 0 bridgehead atoms. The molecule has 0 aromatic rings. The number of aliphatic hydroxyl groups is 2. The Balaban J connectivity index is 3.75. The zero-order valence-electron chi connectivity index (χ0n) is 13.4. The molecule has 0 fully saturated rings. The summed E-state index contributed by atoms with van der Waals surface area (Å²) in [7, 11) is 0. The van der Waals surface area contributed by atoms with Crippen molar-refractivity contribution >= 4 is 11.8 Å². The third-order valence-electron chi connectivity index (χ3n) is 3.38. The van der Waals surface area contributed by atoms with Gasteiger partial charge in [0.2, 0.25) is 11.8 Å². The van der Waals surface area contributed by atoms with Crippen LogP contribution in [0, 0.1) is 5.41 Å². The number of hydrogen-bond donors (Lipinski definition) is 4. The van der Waals surface area contributed by atoms with Crippen molar-refractivity contribution in [1.82, 2.24) is 10.6 Å². The summed E-state index contributed by atoms with van der Waals surface area (Å²) in [5, 5.41) is 24.3. The van der Waals surface area contributed by atoms with Crippen molar-refractivity contribution in [3.63, 3.8) is 0 Å². The predicted molar refractivity (Wildman–Crippen MR) is 81.7 cm³/mol. The van der Waals surface area contributed by atoms with Gasteiger partial charge in [0.05, 0.1) is 6.61 Å². The lowest BCUT2D eigenvalue weighted by Gasteiger charge is -2.27. The van der Waals surface area contributed by atoms with Gasteiger partial charge in [0.25, 0.3) is 0 Å². The molecule has 0 saturated heterocycles. The van der Waals surface area contributed by atoms with Gasteiger partial charge in [0, 0.05) is 24.9 Å². The van der Waals surface area contributed by atoms with Crippen molar-refractivity contribution in [2.24, 2.45) is 5.41 Å². The summed E-state index contributed by atoms with van der Waals surface area (Å²) >= 11 is 0. The quantitative estimate of drug-likeness (QED) is 0.419. The molecule has 0 aromatic carbocycles. The highest BCUT2D eigenvalue weighted by Gasteiger charge is 2.32. The van der Waals surface area contributed by atoms with Gasteiger partial charge in [-0.1, -0.05) is 33.6 Å². The summed E-state index contributed by atoms with van der Waals surface area (Å²) in [6.45, 7) is 6.09. The first-order valence-corrected chi connectivity index (χ1v) is 7.68. The number of aliphatic hydroxyl groups excluding tert-OH is 2. The van der Waals surface area contributed by atoms with Crippen LogP contribution in [0.2, 0.25) is 0 Å². The molecule has 0 aliphatic rings. The van der Waals surface area contributed by atoms with E-state index in [4.69, 9.17) is 5.11 Å². The van der Waals surface area contributed by atoms with Crippen LogP contribution in [-0.4, -0.2) is 47.8 Å². The second kappa shape index (κ2) is 10.6. The third kappa shape index (κ3) is 8.67. The minimum atomic E-state index is -1.26. The third-order valence-corrected chi connectivity index (χ3v) is 3.38. The first-order valence-electron chi connectivity index (χ1n) is 7.68. The topological polar surface area (TPSA) is 98.7 Å². The van der Waals surface area contributed by atoms with E-state index < -0.39 is 17.4 Å². The van der Waals surface area contributed by atoms with Gasteiger partial charge < -0.3 is 20.8 Å². The van der Waals surface area contributed by atoms with E-state index in [1.165, 1.54) is 0 Å². The molecule has 0 aliphatic heterocycles. The molecule has 0 saturated carbocycles. The van der Waals surface area contributed by atoms with Crippen molar-refractivity contribution in [3.05, 3.63) is 0 Å². The van der Waals surface area contributed by atoms with Gasteiger partial charge in [-0.3, -0.25) is 9.59 Å². The van der Waals surface area contributed by atoms with Crippen molar-refractivity contribution in [1.29, 1.82) is 0 Å². The smallest absolute Gasteiger partial charge is 0.249 e. The fourth-order valence-electron chi connectivity index (χ4n) is 1.69. The molecule has 6 heteroatoms. The Morgan fingerprint density at radius 1 is 1.10 bits per heavy atom. The van der Waals surface area contributed by atoms with E-state index in [0.717, 1.165) is 19.3 Å². The Labute approximate surface area is 127 Å². The average molecular weight is 302 g/mol. The van der Waals surface area contributed by atoms with E-state index >= 15 is 0 Å². The van der Waals surface area contributed by atoms with Gasteiger partial charge in [-0.05, 0) is 12.8 Å². The lowest BCUT2D eigenvalue weighted by atomic mass is 9.87. The predicted octanol–water partition coefficient (Wildman–Crippen LogP) is 0.569. The highest BCUT2D eigenvalue weighted by Crippen LogP contribution is 2.19. The Morgan fingerprint density at radius 3 is 2.29 bits per heavy atom. The largest absolute Gasteiger partial charge is 0.396 e. The minimum Gasteiger partial charge on any atom is -0.396 e. The second-order valence-electron chi connectivity index (χ2n) is 6.00. The summed E-state index contributed by atoms with van der Waals surface area (Å²) < 4.78 is 0. The first kappa shape index (κ1) is 19.9. The maximum absolute atomic E-state index is 11.7. The van der Waals surface area contributed by atoms with Gasteiger partial charge in [-0.25, -0.2) is 0 Å². The Kier molecular flexibility index (Phi) is 9.99. The molecular formula is C15H30N2O4. The van der Waals surface area contributed by atoms with Crippen LogP contribution in [-0.2, 0) is 9.59 Å². The summed E-state index contributed by atoms with van der Waals surface area (Å²) in [5.41, 5.74) is -0.874. The van der Waals surface area contributed by atoms with Crippen LogP contribution in [0.15, 0.2) is 0 Å². The SMILES string of the molecule is CCCCCNC(=O)CCCNC(=O)[C@H](O)C(C)(C)CO. The van der Waals surface area contributed by atoms with Gasteiger partial charge in [0.15, 0.2) is 0 Å². The number of unbranched alkanes of at least 4 members (excludes halogenated alkanes) is 2. The number of hydrogen-bond acceptors (Lipinski definition) is 4. The van der Waals surface area contributed by atoms with E-state index in [0.29, 0.717) is 25.9 Å². The standard InChI is InChI=1S/C15H30N2O4/c1-4-5-6-9-16-12(19)8-7-10-17-14(21)13(20)15(2,3)11-18/h13,18,20H,4-11H2,1-3H3,(H,16,19)(H,17,21)/t13-/m0/s1. The zero-order valence-corrected chi connectivity index (χ0v) is 13.4. The highest BCUT2D eigenvalue weighted by molar-refractivity contribution is 5.81. The average Bonchev–Trinajstić information content (AvgIpc) is 2.47. The van der Waals surface area contributed by atoms with E-state index in [1.54, 1.807) is 13.8 Å². The highest BCUT2D eigenvalue weighted by atomic mass is 16.3. The van der Waals surface area contributed by atoms with Crippen molar-refractivity contribution < 1.29 is 19.8 Å². The number of nitrogens with one attached hydrogen (secondary N) is 2. The van der Waals surface area contributed by atoms with Crippen LogP contribution in [0.25, 0.3) is 0 Å². The molecule has 0 radical (unpaired) electrons. The van der Waals surface area contributed by atoms with Crippen molar-refractivity contribution in [2.45, 2.75) is 59.0 Å². The fourth-order valence-corrected chi connectivity index (χ4v) is 1.69. The van der Waals surface area contributed by atoms with Crippen LogP contribution in [0.5, 0.6) is 0 Å². The molecule has 21 heavy (non-hydrogen) atoms. The maximum atomic E-state index is 11.7. The number of carbonyl (C=O) groups excluding carboxylic acids is 2. The Bertz CT molecular complexity index is 319. The van der Waals surface area contributed by atoms with Gasteiger partial charge in [-0.15, -0.1) is 0 Å². The van der Waals surface area contributed by atoms with Crippen LogP contribution in [0.3, 0.4) is 0 Å². The molecule has 0 aliphatic carbocycles. The second-order valence-corrected chi connectivity index (χ2v) is 6.00. The molecular weight excluding hydrogens is 272 g/mol. The van der Waals surface area contributed by atoms with E-state index in [-0.39, 0.29) is 12.5 Å². The van der Waals surface area contributed by atoms with Crippen LogP contribution in [0.1, 0.15) is 52.9 Å². The lowest BCUT2D eigenvalue weighted by molar-refractivity contribution is -0.137. The van der Waals surface area contributed by atoms with Crippen molar-refractivity contribution in [2.75, 3.05) is 19.7 Å². The minimum absolute atomic E-state index is 0.0170. The monoisotopic (exact) mass is 302 g/mol. The normalized spacial score (nSPS) is 12.8. The number of amides is 2. The lowest BCUT2D eigenvalue weighted by Crippen LogP contribution is -2.45.